The summed E-state index contributed by atoms with van der Waals surface area (Å²) in [6.45, 7) is 1.87. The molecule has 1 rings (SSSR count). The van der Waals surface area contributed by atoms with E-state index in [1.807, 2.05) is 6.92 Å². The van der Waals surface area contributed by atoms with Crippen molar-refractivity contribution in [3.63, 3.8) is 0 Å². The maximum absolute atomic E-state index is 12.5. The first-order chi connectivity index (χ1) is 7.04. The standard InChI is InChI=1S/C11H15F2NO/c1-7(14)5-8-3-4-9(11(12)13)10(6-8)15-2/h3-4,6-7,11H,5,14H2,1-2H3. The highest BCUT2D eigenvalue weighted by Gasteiger charge is 2.14. The van der Waals surface area contributed by atoms with Gasteiger partial charge in [-0.05, 0) is 31.0 Å². The van der Waals surface area contributed by atoms with E-state index < -0.39 is 6.43 Å². The Kier molecular flexibility index (Phi) is 4.03. The van der Waals surface area contributed by atoms with Crippen molar-refractivity contribution >= 4 is 0 Å². The number of benzene rings is 1. The van der Waals surface area contributed by atoms with E-state index in [1.165, 1.54) is 13.2 Å². The minimum atomic E-state index is -2.51. The lowest BCUT2D eigenvalue weighted by Crippen LogP contribution is -2.17. The van der Waals surface area contributed by atoms with Crippen LogP contribution >= 0.6 is 0 Å². The Morgan fingerprint density at radius 3 is 2.53 bits per heavy atom. The monoisotopic (exact) mass is 215 g/mol. The van der Waals surface area contributed by atoms with Gasteiger partial charge in [-0.1, -0.05) is 6.07 Å². The molecule has 0 bridgehead atoms. The molecule has 0 aliphatic heterocycles. The minimum Gasteiger partial charge on any atom is -0.496 e. The van der Waals surface area contributed by atoms with Crippen molar-refractivity contribution in [3.05, 3.63) is 29.3 Å². The molecule has 0 aromatic heterocycles. The second kappa shape index (κ2) is 5.07. The van der Waals surface area contributed by atoms with Crippen molar-refractivity contribution in [1.29, 1.82) is 0 Å². The summed E-state index contributed by atoms with van der Waals surface area (Å²) in [5, 5.41) is 0. The van der Waals surface area contributed by atoms with Crippen LogP contribution in [0.15, 0.2) is 18.2 Å². The molecular formula is C11H15F2NO. The van der Waals surface area contributed by atoms with Gasteiger partial charge in [0.15, 0.2) is 0 Å². The van der Waals surface area contributed by atoms with Crippen LogP contribution in [-0.4, -0.2) is 13.2 Å². The van der Waals surface area contributed by atoms with Crippen LogP contribution in [0, 0.1) is 0 Å². The molecule has 2 nitrogen and oxygen atoms in total. The van der Waals surface area contributed by atoms with E-state index in [1.54, 1.807) is 12.1 Å². The molecule has 0 heterocycles. The van der Waals surface area contributed by atoms with Crippen molar-refractivity contribution in [3.8, 4) is 5.75 Å². The van der Waals surface area contributed by atoms with Crippen LogP contribution in [-0.2, 0) is 6.42 Å². The highest BCUT2D eigenvalue weighted by atomic mass is 19.3. The van der Waals surface area contributed by atoms with Crippen LogP contribution in [0.2, 0.25) is 0 Å². The summed E-state index contributed by atoms with van der Waals surface area (Å²) in [5.74, 6) is 0.225. The van der Waals surface area contributed by atoms with Gasteiger partial charge in [0.2, 0.25) is 0 Å². The Hall–Kier alpha value is -1.16. The molecule has 4 heteroatoms. The van der Waals surface area contributed by atoms with Crippen molar-refractivity contribution in [2.24, 2.45) is 5.73 Å². The van der Waals surface area contributed by atoms with E-state index >= 15 is 0 Å². The number of hydrogen-bond acceptors (Lipinski definition) is 2. The summed E-state index contributed by atoms with van der Waals surface area (Å²) in [6, 6.07) is 4.67. The van der Waals surface area contributed by atoms with Gasteiger partial charge in [-0.25, -0.2) is 8.78 Å². The predicted octanol–water partition coefficient (Wildman–Crippen LogP) is 2.52. The smallest absolute Gasteiger partial charge is 0.267 e. The fraction of sp³-hybridized carbons (Fsp3) is 0.455. The average Bonchev–Trinajstić information content (AvgIpc) is 2.16. The normalized spacial score (nSPS) is 12.9. The van der Waals surface area contributed by atoms with E-state index in [-0.39, 0.29) is 17.4 Å². The molecular weight excluding hydrogens is 200 g/mol. The molecule has 0 saturated heterocycles. The molecule has 15 heavy (non-hydrogen) atoms. The third-order valence-electron chi connectivity index (χ3n) is 2.09. The number of ether oxygens (including phenoxy) is 1. The summed E-state index contributed by atoms with van der Waals surface area (Å²) < 4.78 is 29.9. The average molecular weight is 215 g/mol. The number of nitrogens with two attached hydrogens (primary N) is 1. The van der Waals surface area contributed by atoms with Gasteiger partial charge in [-0.3, -0.25) is 0 Å². The molecule has 0 aliphatic rings. The fourth-order valence-electron chi connectivity index (χ4n) is 1.43. The van der Waals surface area contributed by atoms with Crippen LogP contribution in [0.1, 0.15) is 24.5 Å². The molecule has 84 valence electrons. The van der Waals surface area contributed by atoms with Gasteiger partial charge in [0.05, 0.1) is 12.7 Å². The molecule has 1 atom stereocenters. The van der Waals surface area contributed by atoms with E-state index in [2.05, 4.69) is 0 Å². The SMILES string of the molecule is COc1cc(CC(C)N)ccc1C(F)F. The van der Waals surface area contributed by atoms with Crippen LogP contribution < -0.4 is 10.5 Å². The highest BCUT2D eigenvalue weighted by Crippen LogP contribution is 2.29. The van der Waals surface area contributed by atoms with Gasteiger partial charge in [0, 0.05) is 6.04 Å². The van der Waals surface area contributed by atoms with Crippen LogP contribution in [0.3, 0.4) is 0 Å². The van der Waals surface area contributed by atoms with E-state index in [0.29, 0.717) is 6.42 Å². The molecule has 1 unspecified atom stereocenters. The van der Waals surface area contributed by atoms with Crippen molar-refractivity contribution < 1.29 is 13.5 Å². The van der Waals surface area contributed by atoms with Gasteiger partial charge in [-0.2, -0.15) is 0 Å². The fourth-order valence-corrected chi connectivity index (χ4v) is 1.43. The van der Waals surface area contributed by atoms with E-state index in [9.17, 15) is 8.78 Å². The number of alkyl halides is 2. The highest BCUT2D eigenvalue weighted by molar-refractivity contribution is 5.38. The molecule has 1 aromatic rings. The molecule has 0 spiro atoms. The summed E-state index contributed by atoms with van der Waals surface area (Å²) in [4.78, 5) is 0. The predicted molar refractivity (Wildman–Crippen MR) is 55.3 cm³/mol. The Morgan fingerprint density at radius 1 is 1.40 bits per heavy atom. The van der Waals surface area contributed by atoms with E-state index in [0.717, 1.165) is 5.56 Å². The van der Waals surface area contributed by atoms with Gasteiger partial charge in [0.25, 0.3) is 6.43 Å². The molecule has 0 aliphatic carbocycles. The van der Waals surface area contributed by atoms with Gasteiger partial charge >= 0.3 is 0 Å². The number of hydrogen-bond donors (Lipinski definition) is 1. The molecule has 0 amide bonds. The maximum atomic E-state index is 12.5. The number of halogens is 2. The summed E-state index contributed by atoms with van der Waals surface area (Å²) in [5.41, 5.74) is 6.46. The van der Waals surface area contributed by atoms with Crippen molar-refractivity contribution in [1.82, 2.24) is 0 Å². The van der Waals surface area contributed by atoms with Crippen molar-refractivity contribution in [2.45, 2.75) is 25.8 Å². The Bertz CT molecular complexity index is 326. The Morgan fingerprint density at radius 2 is 2.07 bits per heavy atom. The third kappa shape index (κ3) is 3.16. The molecule has 2 N–H and O–H groups in total. The van der Waals surface area contributed by atoms with Crippen LogP contribution in [0.25, 0.3) is 0 Å². The van der Waals surface area contributed by atoms with Crippen LogP contribution in [0.4, 0.5) is 8.78 Å². The lowest BCUT2D eigenvalue weighted by atomic mass is 10.0. The lowest BCUT2D eigenvalue weighted by molar-refractivity contribution is 0.147. The molecule has 1 aromatic carbocycles. The first-order valence-electron chi connectivity index (χ1n) is 4.75. The minimum absolute atomic E-state index is 0.00658. The molecule has 0 saturated carbocycles. The summed E-state index contributed by atoms with van der Waals surface area (Å²) in [7, 11) is 1.39. The maximum Gasteiger partial charge on any atom is 0.267 e. The topological polar surface area (TPSA) is 35.2 Å². The lowest BCUT2D eigenvalue weighted by Gasteiger charge is -2.11. The third-order valence-corrected chi connectivity index (χ3v) is 2.09. The second-order valence-corrected chi connectivity index (χ2v) is 3.56. The first kappa shape index (κ1) is 11.9. The zero-order valence-corrected chi connectivity index (χ0v) is 8.84. The second-order valence-electron chi connectivity index (χ2n) is 3.56. The van der Waals surface area contributed by atoms with Gasteiger partial charge in [-0.15, -0.1) is 0 Å². The molecule has 0 fully saturated rings. The summed E-state index contributed by atoms with van der Waals surface area (Å²) >= 11 is 0. The van der Waals surface area contributed by atoms with Crippen LogP contribution in [0.5, 0.6) is 5.75 Å². The number of methoxy groups -OCH3 is 1. The van der Waals surface area contributed by atoms with E-state index in [4.69, 9.17) is 10.5 Å². The zero-order valence-electron chi connectivity index (χ0n) is 8.84. The number of rotatable bonds is 4. The molecule has 0 radical (unpaired) electrons. The van der Waals surface area contributed by atoms with Gasteiger partial charge in [0.1, 0.15) is 5.75 Å². The zero-order chi connectivity index (χ0) is 11.4. The van der Waals surface area contributed by atoms with Gasteiger partial charge < -0.3 is 10.5 Å². The first-order valence-corrected chi connectivity index (χ1v) is 4.75. The Balaban J connectivity index is 2.97. The Labute approximate surface area is 88.0 Å². The quantitative estimate of drug-likeness (QED) is 0.837. The summed E-state index contributed by atoms with van der Waals surface area (Å²) in [6.07, 6.45) is -1.86. The largest absolute Gasteiger partial charge is 0.496 e. The van der Waals surface area contributed by atoms with Crippen molar-refractivity contribution in [2.75, 3.05) is 7.11 Å².